The first-order valence-corrected chi connectivity index (χ1v) is 13.7. The van der Waals surface area contributed by atoms with E-state index in [-0.39, 0.29) is 42.4 Å². The third kappa shape index (κ3) is 4.31. The van der Waals surface area contributed by atoms with Crippen molar-refractivity contribution in [3.8, 4) is 0 Å². The molecule has 2 aliphatic rings. The zero-order valence-corrected chi connectivity index (χ0v) is 21.8. The maximum Gasteiger partial charge on any atom is 0.185 e. The number of aromatic nitrogens is 1. The second-order valence-corrected chi connectivity index (χ2v) is 12.7. The van der Waals surface area contributed by atoms with Gasteiger partial charge in [-0.3, -0.25) is 14.8 Å². The number of anilines is 1. The van der Waals surface area contributed by atoms with E-state index in [0.717, 1.165) is 16.8 Å². The molecule has 1 saturated heterocycles. The molecule has 2 aliphatic heterocycles. The number of carbonyl (C=O) groups is 1. The minimum atomic E-state index is -3.78. The number of benzene rings is 2. The Morgan fingerprint density at radius 3 is 2.35 bits per heavy atom. The minimum Gasteiger partial charge on any atom is -0.386 e. The fraction of sp³-hybridized carbons (Fsp3) is 0.321. The average Bonchev–Trinajstić information content (AvgIpc) is 2.80. The van der Waals surface area contributed by atoms with Crippen LogP contribution in [0.25, 0.3) is 0 Å². The number of pyridine rings is 1. The van der Waals surface area contributed by atoms with Crippen molar-refractivity contribution < 1.29 is 17.6 Å². The van der Waals surface area contributed by atoms with Crippen molar-refractivity contribution in [2.24, 2.45) is 10.7 Å². The van der Waals surface area contributed by atoms with Crippen LogP contribution in [0.15, 0.2) is 65.8 Å². The molecule has 0 aliphatic carbocycles. The van der Waals surface area contributed by atoms with Crippen LogP contribution < -0.4 is 10.6 Å². The van der Waals surface area contributed by atoms with Crippen LogP contribution in [-0.4, -0.2) is 48.6 Å². The first-order valence-electron chi connectivity index (χ1n) is 12.1. The summed E-state index contributed by atoms with van der Waals surface area (Å²) in [6.07, 6.45) is 1.62. The first-order chi connectivity index (χ1) is 17.4. The summed E-state index contributed by atoms with van der Waals surface area (Å²) in [6, 6.07) is 15.6. The predicted molar refractivity (Wildman–Crippen MR) is 142 cm³/mol. The topological polar surface area (TPSA) is 106 Å². The number of sulfone groups is 1. The minimum absolute atomic E-state index is 0.000808. The number of amidine groups is 1. The van der Waals surface area contributed by atoms with E-state index in [4.69, 9.17) is 5.73 Å². The number of halogens is 1. The normalized spacial score (nSPS) is 21.8. The summed E-state index contributed by atoms with van der Waals surface area (Å²) in [5.41, 5.74) is 8.86. The fourth-order valence-corrected chi connectivity index (χ4v) is 7.38. The van der Waals surface area contributed by atoms with Gasteiger partial charge in [-0.2, -0.15) is 0 Å². The van der Waals surface area contributed by atoms with Gasteiger partial charge in [0.2, 0.25) is 0 Å². The molecule has 1 fully saturated rings. The summed E-state index contributed by atoms with van der Waals surface area (Å²) >= 11 is 0. The lowest BCUT2D eigenvalue weighted by molar-refractivity contribution is 0.0988. The Morgan fingerprint density at radius 2 is 1.73 bits per heavy atom. The van der Waals surface area contributed by atoms with Crippen molar-refractivity contribution in [1.82, 2.24) is 4.98 Å². The number of hydrogen-bond donors (Lipinski definition) is 1. The number of carbonyl (C=O) groups excluding carboxylic acids is 1. The van der Waals surface area contributed by atoms with Gasteiger partial charge in [-0.25, -0.2) is 12.8 Å². The van der Waals surface area contributed by atoms with Crippen molar-refractivity contribution in [1.29, 1.82) is 0 Å². The number of hydrogen-bond acceptors (Lipinski definition) is 7. The molecule has 192 valence electrons. The van der Waals surface area contributed by atoms with Gasteiger partial charge in [-0.1, -0.05) is 29.8 Å². The summed E-state index contributed by atoms with van der Waals surface area (Å²) in [4.78, 5) is 23.4. The summed E-state index contributed by atoms with van der Waals surface area (Å²) < 4.78 is 41.0. The van der Waals surface area contributed by atoms with E-state index >= 15 is 4.39 Å². The molecule has 5 rings (SSSR count). The second-order valence-electron chi connectivity index (χ2n) is 10.4. The number of aryl methyl sites for hydroxylation is 2. The number of aliphatic imine (C=N–C) groups is 1. The molecule has 3 heterocycles. The lowest BCUT2D eigenvalue weighted by Crippen LogP contribution is -2.74. The molecule has 9 heteroatoms. The Kier molecular flexibility index (Phi) is 5.94. The summed E-state index contributed by atoms with van der Waals surface area (Å²) in [7, 11) is -3.78. The Labute approximate surface area is 216 Å². The van der Waals surface area contributed by atoms with Crippen LogP contribution in [0, 0.1) is 19.7 Å². The van der Waals surface area contributed by atoms with Gasteiger partial charge in [-0.15, -0.1) is 0 Å². The van der Waals surface area contributed by atoms with E-state index < -0.39 is 25.9 Å². The number of ketones is 1. The Bertz CT molecular complexity index is 1510. The largest absolute Gasteiger partial charge is 0.386 e. The van der Waals surface area contributed by atoms with Gasteiger partial charge in [0, 0.05) is 37.0 Å². The predicted octanol–water partition coefficient (Wildman–Crippen LogP) is 3.52. The summed E-state index contributed by atoms with van der Waals surface area (Å²) in [5.74, 6) is -1.19. The number of Topliss-reactive ketones (excluding diaryl/α,β-unsaturated/α-hetero) is 1. The molecule has 7 nitrogen and oxygen atoms in total. The van der Waals surface area contributed by atoms with Crippen molar-refractivity contribution in [2.75, 3.05) is 23.7 Å². The van der Waals surface area contributed by atoms with E-state index in [2.05, 4.69) is 9.98 Å². The van der Waals surface area contributed by atoms with Crippen LogP contribution in [-0.2, 0) is 21.8 Å². The Morgan fingerprint density at radius 1 is 1.05 bits per heavy atom. The zero-order chi connectivity index (χ0) is 26.6. The molecule has 0 saturated carbocycles. The van der Waals surface area contributed by atoms with Gasteiger partial charge >= 0.3 is 0 Å². The van der Waals surface area contributed by atoms with Gasteiger partial charge in [0.1, 0.15) is 22.9 Å². The van der Waals surface area contributed by atoms with E-state index in [0.29, 0.717) is 11.3 Å². The number of rotatable bonds is 5. The maximum absolute atomic E-state index is 15.1. The van der Waals surface area contributed by atoms with Crippen LogP contribution in [0.3, 0.4) is 0 Å². The lowest BCUT2D eigenvalue weighted by Gasteiger charge is -2.53. The monoisotopic (exact) mass is 520 g/mol. The highest BCUT2D eigenvalue weighted by molar-refractivity contribution is 7.93. The maximum atomic E-state index is 15.1. The molecule has 37 heavy (non-hydrogen) atoms. The Hall–Kier alpha value is -3.59. The summed E-state index contributed by atoms with van der Waals surface area (Å²) in [5, 5.41) is 0. The Balaban J connectivity index is 1.43. The van der Waals surface area contributed by atoms with E-state index in [1.54, 1.807) is 25.3 Å². The van der Waals surface area contributed by atoms with Crippen molar-refractivity contribution in [3.63, 3.8) is 0 Å². The quantitative estimate of drug-likeness (QED) is 0.516. The van der Waals surface area contributed by atoms with E-state index in [9.17, 15) is 13.2 Å². The summed E-state index contributed by atoms with van der Waals surface area (Å²) in [6.45, 7) is 5.84. The van der Waals surface area contributed by atoms with Crippen LogP contribution in [0.1, 0.15) is 39.7 Å². The molecule has 0 amide bonds. The van der Waals surface area contributed by atoms with Gasteiger partial charge < -0.3 is 10.6 Å². The highest BCUT2D eigenvalue weighted by Gasteiger charge is 2.61. The highest BCUT2D eigenvalue weighted by Crippen LogP contribution is 2.43. The number of nitrogens with two attached hydrogens (primary N) is 1. The number of nitrogens with zero attached hydrogens (tertiary/aromatic N) is 3. The lowest BCUT2D eigenvalue weighted by atomic mass is 9.89. The van der Waals surface area contributed by atoms with Crippen LogP contribution in [0.2, 0.25) is 0 Å². The zero-order valence-electron chi connectivity index (χ0n) is 21.0. The molecule has 1 spiro atoms. The molecule has 2 N–H and O–H groups in total. The van der Waals surface area contributed by atoms with Crippen LogP contribution in [0.4, 0.5) is 10.1 Å². The average molecular weight is 521 g/mol. The van der Waals surface area contributed by atoms with Gasteiger partial charge in [0.15, 0.2) is 20.4 Å². The first kappa shape index (κ1) is 25.1. The molecule has 0 bridgehead atoms. The van der Waals surface area contributed by atoms with E-state index in [1.165, 1.54) is 18.2 Å². The molecule has 1 aromatic heterocycles. The highest BCUT2D eigenvalue weighted by atomic mass is 32.2. The molecular formula is C28H29FN4O3S. The van der Waals surface area contributed by atoms with Crippen LogP contribution >= 0.6 is 0 Å². The second kappa shape index (κ2) is 8.76. The standard InChI is InChI=1S/C28H29FN4O3S/c1-18-4-8-21(9-5-18)33-15-28(16-33)26(30)32-27(3,17-37(28,35)36)22-12-20(7-10-23(22)29)13-25(34)24-11-6-19(2)14-31-24/h4-12,14H,13,15-17H2,1-3H3,(H2,30,32)/t27-/m0/s1. The van der Waals surface area contributed by atoms with Gasteiger partial charge in [0.05, 0.1) is 5.75 Å². The third-order valence-electron chi connectivity index (χ3n) is 7.36. The molecule has 1 atom stereocenters. The SMILES string of the molecule is Cc1ccc(N2CC3(C2)C(N)=N[C@](C)(c2cc(CC(=O)c4ccc(C)cn4)ccc2F)CS3(=O)=O)cc1. The molecular weight excluding hydrogens is 491 g/mol. The molecule has 0 radical (unpaired) electrons. The molecule has 0 unspecified atom stereocenters. The molecule has 3 aromatic rings. The van der Waals surface area contributed by atoms with Crippen molar-refractivity contribution >= 4 is 27.1 Å². The van der Waals surface area contributed by atoms with Crippen molar-refractivity contribution in [3.05, 3.63) is 94.6 Å². The van der Waals surface area contributed by atoms with Gasteiger partial charge in [-0.05, 0) is 62.2 Å². The van der Waals surface area contributed by atoms with Gasteiger partial charge in [0.25, 0.3) is 0 Å². The molecule has 2 aromatic carbocycles. The smallest absolute Gasteiger partial charge is 0.185 e. The third-order valence-corrected chi connectivity index (χ3v) is 9.96. The van der Waals surface area contributed by atoms with E-state index in [1.807, 2.05) is 43.0 Å². The van der Waals surface area contributed by atoms with Crippen molar-refractivity contribution in [2.45, 2.75) is 37.5 Å². The fourth-order valence-electron chi connectivity index (χ4n) is 5.08. The van der Waals surface area contributed by atoms with Crippen LogP contribution in [0.5, 0.6) is 0 Å².